The van der Waals surface area contributed by atoms with E-state index in [0.29, 0.717) is 6.42 Å². The first-order valence-electron chi connectivity index (χ1n) is 5.69. The highest BCUT2D eigenvalue weighted by Crippen LogP contribution is 2.26. The average molecular weight is 318 g/mol. The van der Waals surface area contributed by atoms with Crippen LogP contribution >= 0.6 is 15.9 Å². The van der Waals surface area contributed by atoms with Crippen molar-refractivity contribution in [2.24, 2.45) is 0 Å². The van der Waals surface area contributed by atoms with Gasteiger partial charge in [0.15, 0.2) is 9.84 Å². The maximum Gasteiger partial charge on any atom is 0.152 e. The van der Waals surface area contributed by atoms with Crippen LogP contribution in [0.1, 0.15) is 24.9 Å². The molecule has 2 unspecified atom stereocenters. The van der Waals surface area contributed by atoms with Crippen LogP contribution in [0.25, 0.3) is 0 Å². The van der Waals surface area contributed by atoms with Gasteiger partial charge in [-0.3, -0.25) is 0 Å². The van der Waals surface area contributed by atoms with Crippen molar-refractivity contribution in [3.8, 4) is 0 Å². The van der Waals surface area contributed by atoms with Gasteiger partial charge >= 0.3 is 0 Å². The zero-order valence-electron chi connectivity index (χ0n) is 9.69. The number of rotatable bonds is 1. The Balaban J connectivity index is 2.33. The third-order valence-electron chi connectivity index (χ3n) is 3.05. The molecule has 0 radical (unpaired) electrons. The Kier molecular flexibility index (Phi) is 3.90. The van der Waals surface area contributed by atoms with Crippen molar-refractivity contribution in [1.29, 1.82) is 0 Å². The number of nitrogens with one attached hydrogen (secondary N) is 1. The van der Waals surface area contributed by atoms with E-state index in [9.17, 15) is 8.42 Å². The molecule has 1 heterocycles. The number of sulfone groups is 1. The first kappa shape index (κ1) is 13.1. The normalized spacial score (nSPS) is 28.6. The zero-order chi connectivity index (χ0) is 12.5. The topological polar surface area (TPSA) is 46.2 Å². The van der Waals surface area contributed by atoms with Crippen molar-refractivity contribution < 1.29 is 8.42 Å². The van der Waals surface area contributed by atoms with E-state index in [0.717, 1.165) is 10.0 Å². The van der Waals surface area contributed by atoms with Crippen molar-refractivity contribution in [1.82, 2.24) is 5.32 Å². The molecule has 1 aromatic carbocycles. The molecule has 2 rings (SSSR count). The van der Waals surface area contributed by atoms with Gasteiger partial charge in [0, 0.05) is 16.6 Å². The number of hydrogen-bond donors (Lipinski definition) is 1. The highest BCUT2D eigenvalue weighted by molar-refractivity contribution is 9.10. The lowest BCUT2D eigenvalue weighted by Crippen LogP contribution is -2.31. The van der Waals surface area contributed by atoms with E-state index in [1.807, 2.05) is 31.2 Å². The summed E-state index contributed by atoms with van der Waals surface area (Å²) in [5.74, 6) is 0.460. The van der Waals surface area contributed by atoms with Crippen LogP contribution in [0.3, 0.4) is 0 Å². The van der Waals surface area contributed by atoms with E-state index < -0.39 is 9.84 Å². The van der Waals surface area contributed by atoms with Crippen molar-refractivity contribution in [3.63, 3.8) is 0 Å². The van der Waals surface area contributed by atoms with E-state index >= 15 is 0 Å². The third kappa shape index (κ3) is 3.30. The highest BCUT2D eigenvalue weighted by Gasteiger charge is 2.27. The second kappa shape index (κ2) is 5.08. The van der Waals surface area contributed by atoms with Gasteiger partial charge in [0.2, 0.25) is 0 Å². The van der Waals surface area contributed by atoms with Gasteiger partial charge < -0.3 is 5.32 Å². The van der Waals surface area contributed by atoms with Crippen LogP contribution in [-0.4, -0.2) is 26.0 Å². The maximum absolute atomic E-state index is 11.9. The monoisotopic (exact) mass is 317 g/mol. The molecule has 0 bridgehead atoms. The molecule has 1 aromatic rings. The summed E-state index contributed by atoms with van der Waals surface area (Å²) in [6.45, 7) is 2.03. The van der Waals surface area contributed by atoms with Crippen molar-refractivity contribution in [2.75, 3.05) is 11.5 Å². The molecule has 1 aliphatic rings. The van der Waals surface area contributed by atoms with Crippen LogP contribution in [-0.2, 0) is 9.84 Å². The minimum atomic E-state index is -2.95. The third-order valence-corrected chi connectivity index (χ3v) is 5.47. The number of benzene rings is 1. The minimum absolute atomic E-state index is 0.118. The van der Waals surface area contributed by atoms with Gasteiger partial charge in [0.25, 0.3) is 0 Å². The second-order valence-electron chi connectivity index (χ2n) is 4.54. The van der Waals surface area contributed by atoms with Crippen LogP contribution in [0.2, 0.25) is 0 Å². The van der Waals surface area contributed by atoms with Crippen LogP contribution in [0.15, 0.2) is 28.7 Å². The Morgan fingerprint density at radius 3 is 2.76 bits per heavy atom. The molecule has 0 aliphatic carbocycles. The fraction of sp³-hybridized carbons (Fsp3) is 0.500. The number of halogens is 1. The van der Waals surface area contributed by atoms with E-state index in [1.54, 1.807) is 0 Å². The summed E-state index contributed by atoms with van der Waals surface area (Å²) in [6, 6.07) is 7.89. The fourth-order valence-electron chi connectivity index (χ4n) is 2.11. The summed E-state index contributed by atoms with van der Waals surface area (Å²) in [5, 5.41) is 3.38. The van der Waals surface area contributed by atoms with Crippen molar-refractivity contribution >= 4 is 25.8 Å². The Bertz CT molecular complexity index is 501. The predicted octanol–water partition coefficient (Wildman–Crippen LogP) is 2.29. The highest BCUT2D eigenvalue weighted by atomic mass is 79.9. The van der Waals surface area contributed by atoms with E-state index in [-0.39, 0.29) is 23.6 Å². The lowest BCUT2D eigenvalue weighted by Gasteiger charge is -2.20. The predicted molar refractivity (Wildman–Crippen MR) is 72.8 cm³/mol. The average Bonchev–Trinajstić information content (AvgIpc) is 2.38. The van der Waals surface area contributed by atoms with Crippen LogP contribution in [0, 0.1) is 0 Å². The van der Waals surface area contributed by atoms with Gasteiger partial charge in [-0.2, -0.15) is 0 Å². The smallest absolute Gasteiger partial charge is 0.152 e. The zero-order valence-corrected chi connectivity index (χ0v) is 12.1. The first-order valence-corrected chi connectivity index (χ1v) is 8.30. The lowest BCUT2D eigenvalue weighted by atomic mass is 10.1. The van der Waals surface area contributed by atoms with Gasteiger partial charge in [-0.1, -0.05) is 34.1 Å². The van der Waals surface area contributed by atoms with Crippen LogP contribution in [0.5, 0.6) is 0 Å². The molecule has 0 spiro atoms. The lowest BCUT2D eigenvalue weighted by molar-refractivity contribution is 0.483. The molecular formula is C12H16BrNO2S. The van der Waals surface area contributed by atoms with Crippen molar-refractivity contribution in [3.05, 3.63) is 34.3 Å². The number of hydrogen-bond acceptors (Lipinski definition) is 3. The Hall–Kier alpha value is -0.390. The summed E-state index contributed by atoms with van der Waals surface area (Å²) in [6.07, 6.45) is 0.684. The molecule has 5 heteroatoms. The summed E-state index contributed by atoms with van der Waals surface area (Å²) < 4.78 is 24.7. The molecule has 1 N–H and O–H groups in total. The van der Waals surface area contributed by atoms with Crippen LogP contribution < -0.4 is 5.32 Å². The molecule has 94 valence electrons. The largest absolute Gasteiger partial charge is 0.306 e. The second-order valence-corrected chi connectivity index (χ2v) is 7.63. The molecule has 0 saturated carbocycles. The first-order chi connectivity index (χ1) is 7.98. The molecule has 1 aliphatic heterocycles. The molecule has 0 aromatic heterocycles. The van der Waals surface area contributed by atoms with Gasteiger partial charge in [-0.15, -0.1) is 0 Å². The molecule has 1 saturated heterocycles. The van der Waals surface area contributed by atoms with Gasteiger partial charge in [0.1, 0.15) is 0 Å². The van der Waals surface area contributed by atoms with Crippen molar-refractivity contribution in [2.45, 2.75) is 25.4 Å². The van der Waals surface area contributed by atoms with E-state index in [1.165, 1.54) is 0 Å². The molecule has 17 heavy (non-hydrogen) atoms. The summed E-state index contributed by atoms with van der Waals surface area (Å²) in [4.78, 5) is 0. The standard InChI is InChI=1S/C12H16BrNO2S/c1-9-6-7-17(15,16)8-12(14-9)10-4-2-3-5-11(10)13/h2-5,9,12,14H,6-8H2,1H3. The SMILES string of the molecule is CC1CCS(=O)(=O)CC(c2ccccc2Br)N1. The molecule has 3 nitrogen and oxygen atoms in total. The minimum Gasteiger partial charge on any atom is -0.306 e. The van der Waals surface area contributed by atoms with Gasteiger partial charge in [0.05, 0.1) is 11.5 Å². The Morgan fingerprint density at radius 2 is 2.06 bits per heavy atom. The summed E-state index contributed by atoms with van der Waals surface area (Å²) in [5.41, 5.74) is 1.02. The van der Waals surface area contributed by atoms with E-state index in [4.69, 9.17) is 0 Å². The molecule has 0 amide bonds. The van der Waals surface area contributed by atoms with Gasteiger partial charge in [-0.25, -0.2) is 8.42 Å². The quantitative estimate of drug-likeness (QED) is 0.864. The molecular weight excluding hydrogens is 302 g/mol. The summed E-state index contributed by atoms with van der Waals surface area (Å²) >= 11 is 3.48. The Morgan fingerprint density at radius 1 is 1.35 bits per heavy atom. The summed E-state index contributed by atoms with van der Waals surface area (Å²) in [7, 11) is -2.95. The fourth-order valence-corrected chi connectivity index (χ4v) is 4.33. The Labute approximate surface area is 111 Å². The molecule has 2 atom stereocenters. The van der Waals surface area contributed by atoms with Crippen LogP contribution in [0.4, 0.5) is 0 Å². The van der Waals surface area contributed by atoms with Gasteiger partial charge in [-0.05, 0) is 25.0 Å². The van der Waals surface area contributed by atoms with E-state index in [2.05, 4.69) is 21.2 Å². The molecule has 1 fully saturated rings. The maximum atomic E-state index is 11.9.